The van der Waals surface area contributed by atoms with Crippen LogP contribution in [0.15, 0.2) is 0 Å². The maximum Gasteiger partial charge on any atom is 0.321 e. The fourth-order valence-corrected chi connectivity index (χ4v) is 1.74. The van der Waals surface area contributed by atoms with Crippen LogP contribution in [0.3, 0.4) is 0 Å². The van der Waals surface area contributed by atoms with Crippen LogP contribution in [-0.4, -0.2) is 46.4 Å². The molecule has 0 rings (SSSR count). The molecule has 0 fully saturated rings. The SMILES string of the molecule is CCCNC(CSC(C)CO)C(=O)O. The summed E-state index contributed by atoms with van der Waals surface area (Å²) >= 11 is 1.47. The number of aliphatic carboxylic acids is 1. The third-order valence-electron chi connectivity index (χ3n) is 1.74. The molecule has 3 N–H and O–H groups in total. The minimum absolute atomic E-state index is 0.0881. The first-order valence-electron chi connectivity index (χ1n) is 4.80. The molecule has 0 aliphatic carbocycles. The normalized spacial score (nSPS) is 15.1. The van der Waals surface area contributed by atoms with Crippen molar-refractivity contribution in [2.75, 3.05) is 18.9 Å². The van der Waals surface area contributed by atoms with E-state index in [0.29, 0.717) is 12.3 Å². The van der Waals surface area contributed by atoms with E-state index >= 15 is 0 Å². The van der Waals surface area contributed by atoms with E-state index in [1.807, 2.05) is 13.8 Å². The molecular formula is C9H19NO3S. The molecule has 0 aromatic rings. The fraction of sp³-hybridized carbons (Fsp3) is 0.889. The van der Waals surface area contributed by atoms with Crippen molar-refractivity contribution in [2.24, 2.45) is 0 Å². The number of hydrogen-bond donors (Lipinski definition) is 3. The molecule has 0 bridgehead atoms. The minimum atomic E-state index is -0.823. The Morgan fingerprint density at radius 2 is 2.21 bits per heavy atom. The molecule has 0 amide bonds. The molecule has 0 radical (unpaired) electrons. The molecule has 0 heterocycles. The highest BCUT2D eigenvalue weighted by Gasteiger charge is 2.17. The van der Waals surface area contributed by atoms with E-state index in [1.165, 1.54) is 11.8 Å². The van der Waals surface area contributed by atoms with Crippen molar-refractivity contribution in [3.05, 3.63) is 0 Å². The Morgan fingerprint density at radius 1 is 1.57 bits per heavy atom. The van der Waals surface area contributed by atoms with Crippen LogP contribution in [0.4, 0.5) is 0 Å². The number of nitrogens with one attached hydrogen (secondary N) is 1. The highest BCUT2D eigenvalue weighted by atomic mass is 32.2. The van der Waals surface area contributed by atoms with Crippen LogP contribution in [-0.2, 0) is 4.79 Å². The fourth-order valence-electron chi connectivity index (χ4n) is 0.849. The van der Waals surface area contributed by atoms with Crippen molar-refractivity contribution in [3.8, 4) is 0 Å². The van der Waals surface area contributed by atoms with Crippen LogP contribution >= 0.6 is 11.8 Å². The van der Waals surface area contributed by atoms with Crippen LogP contribution in [0.1, 0.15) is 20.3 Å². The zero-order chi connectivity index (χ0) is 11.0. The molecule has 2 unspecified atom stereocenters. The van der Waals surface area contributed by atoms with E-state index in [4.69, 9.17) is 10.2 Å². The van der Waals surface area contributed by atoms with E-state index in [0.717, 1.165) is 6.42 Å². The number of carboxylic acid groups (broad SMARTS) is 1. The molecule has 2 atom stereocenters. The second-order valence-electron chi connectivity index (χ2n) is 3.17. The molecule has 14 heavy (non-hydrogen) atoms. The van der Waals surface area contributed by atoms with Crippen LogP contribution in [0.25, 0.3) is 0 Å². The molecule has 0 saturated heterocycles. The van der Waals surface area contributed by atoms with Crippen LogP contribution in [0, 0.1) is 0 Å². The predicted molar refractivity (Wildman–Crippen MR) is 58.7 cm³/mol. The first-order valence-corrected chi connectivity index (χ1v) is 5.85. The van der Waals surface area contributed by atoms with Gasteiger partial charge >= 0.3 is 5.97 Å². The van der Waals surface area contributed by atoms with Gasteiger partial charge in [-0.05, 0) is 13.0 Å². The molecule has 5 heteroatoms. The Labute approximate surface area is 89.1 Å². The zero-order valence-electron chi connectivity index (χ0n) is 8.69. The predicted octanol–water partition coefficient (Wildman–Crippen LogP) is 0.553. The number of hydrogen-bond acceptors (Lipinski definition) is 4. The van der Waals surface area contributed by atoms with E-state index in [2.05, 4.69) is 5.32 Å². The maximum atomic E-state index is 10.8. The maximum absolute atomic E-state index is 10.8. The molecule has 0 aromatic carbocycles. The molecular weight excluding hydrogens is 202 g/mol. The number of carbonyl (C=O) groups is 1. The van der Waals surface area contributed by atoms with Gasteiger partial charge in [-0.2, -0.15) is 11.8 Å². The smallest absolute Gasteiger partial charge is 0.321 e. The van der Waals surface area contributed by atoms with Crippen molar-refractivity contribution < 1.29 is 15.0 Å². The summed E-state index contributed by atoms with van der Waals surface area (Å²) < 4.78 is 0. The average molecular weight is 221 g/mol. The Hall–Kier alpha value is -0.260. The van der Waals surface area contributed by atoms with Gasteiger partial charge in [0.15, 0.2) is 0 Å². The molecule has 0 saturated carbocycles. The lowest BCUT2D eigenvalue weighted by atomic mass is 10.3. The van der Waals surface area contributed by atoms with Crippen molar-refractivity contribution in [3.63, 3.8) is 0 Å². The van der Waals surface area contributed by atoms with Crippen molar-refractivity contribution >= 4 is 17.7 Å². The van der Waals surface area contributed by atoms with Gasteiger partial charge in [0.05, 0.1) is 6.61 Å². The summed E-state index contributed by atoms with van der Waals surface area (Å²) in [5.74, 6) is -0.326. The highest BCUT2D eigenvalue weighted by molar-refractivity contribution is 7.99. The molecule has 0 spiro atoms. The van der Waals surface area contributed by atoms with Gasteiger partial charge in [0.1, 0.15) is 6.04 Å². The largest absolute Gasteiger partial charge is 0.480 e. The number of carboxylic acids is 1. The Kier molecular flexibility index (Phi) is 7.93. The highest BCUT2D eigenvalue weighted by Crippen LogP contribution is 2.11. The van der Waals surface area contributed by atoms with E-state index < -0.39 is 12.0 Å². The van der Waals surface area contributed by atoms with Gasteiger partial charge in [-0.3, -0.25) is 4.79 Å². The quantitative estimate of drug-likeness (QED) is 0.558. The second kappa shape index (κ2) is 8.08. The Morgan fingerprint density at radius 3 is 2.64 bits per heavy atom. The monoisotopic (exact) mass is 221 g/mol. The summed E-state index contributed by atoms with van der Waals surface area (Å²) in [6.45, 7) is 4.68. The van der Waals surface area contributed by atoms with Gasteiger partial charge in [-0.25, -0.2) is 0 Å². The van der Waals surface area contributed by atoms with Crippen molar-refractivity contribution in [1.29, 1.82) is 0 Å². The lowest BCUT2D eigenvalue weighted by molar-refractivity contribution is -0.138. The summed E-state index contributed by atoms with van der Waals surface area (Å²) in [4.78, 5) is 10.8. The minimum Gasteiger partial charge on any atom is -0.480 e. The van der Waals surface area contributed by atoms with Crippen molar-refractivity contribution in [1.82, 2.24) is 5.32 Å². The summed E-state index contributed by atoms with van der Waals surface area (Å²) in [6, 6.07) is -0.506. The van der Waals surface area contributed by atoms with E-state index in [1.54, 1.807) is 0 Å². The molecule has 0 aliphatic rings. The van der Waals surface area contributed by atoms with Gasteiger partial charge in [-0.15, -0.1) is 0 Å². The summed E-state index contributed by atoms with van der Waals surface area (Å²) in [5, 5.41) is 20.7. The van der Waals surface area contributed by atoms with Gasteiger partial charge in [0.25, 0.3) is 0 Å². The zero-order valence-corrected chi connectivity index (χ0v) is 9.51. The number of aliphatic hydroxyl groups excluding tert-OH is 1. The summed E-state index contributed by atoms with van der Waals surface area (Å²) in [6.07, 6.45) is 0.921. The Balaban J connectivity index is 3.79. The Bertz CT molecular complexity index is 166. The third kappa shape index (κ3) is 6.23. The topological polar surface area (TPSA) is 69.6 Å². The van der Waals surface area contributed by atoms with Crippen molar-refractivity contribution in [2.45, 2.75) is 31.6 Å². The van der Waals surface area contributed by atoms with E-state index in [-0.39, 0.29) is 11.9 Å². The summed E-state index contributed by atoms with van der Waals surface area (Å²) in [7, 11) is 0. The number of aliphatic hydroxyl groups is 1. The second-order valence-corrected chi connectivity index (χ2v) is 4.64. The van der Waals surface area contributed by atoms with Crippen LogP contribution < -0.4 is 5.32 Å². The van der Waals surface area contributed by atoms with Gasteiger partial charge in [0, 0.05) is 11.0 Å². The standard InChI is InChI=1S/C9H19NO3S/c1-3-4-10-8(9(12)13)6-14-7(2)5-11/h7-8,10-11H,3-6H2,1-2H3,(H,12,13). The van der Waals surface area contributed by atoms with Gasteiger partial charge in [-0.1, -0.05) is 13.8 Å². The first kappa shape index (κ1) is 13.7. The molecule has 84 valence electrons. The summed E-state index contributed by atoms with van der Waals surface area (Å²) in [5.41, 5.74) is 0. The van der Waals surface area contributed by atoms with E-state index in [9.17, 15) is 4.79 Å². The van der Waals surface area contributed by atoms with Gasteiger partial charge in [0.2, 0.25) is 0 Å². The molecule has 4 nitrogen and oxygen atoms in total. The van der Waals surface area contributed by atoms with Crippen LogP contribution in [0.2, 0.25) is 0 Å². The van der Waals surface area contributed by atoms with Gasteiger partial charge < -0.3 is 15.5 Å². The number of thioether (sulfide) groups is 1. The van der Waals surface area contributed by atoms with Crippen LogP contribution in [0.5, 0.6) is 0 Å². The molecule has 0 aliphatic heterocycles. The third-order valence-corrected chi connectivity index (χ3v) is 2.99. The average Bonchev–Trinajstić information content (AvgIpc) is 2.16. The number of rotatable bonds is 8. The lowest BCUT2D eigenvalue weighted by Gasteiger charge is -2.15. The lowest BCUT2D eigenvalue weighted by Crippen LogP contribution is -2.39. The molecule has 0 aromatic heterocycles. The first-order chi connectivity index (χ1) is 6.61.